The summed E-state index contributed by atoms with van der Waals surface area (Å²) in [7, 11) is -1.43. The van der Waals surface area contributed by atoms with E-state index in [9.17, 15) is 0 Å². The zero-order valence-electron chi connectivity index (χ0n) is 33.9. The van der Waals surface area contributed by atoms with Crippen LogP contribution in [0.5, 0.6) is 0 Å². The van der Waals surface area contributed by atoms with Gasteiger partial charge in [-0.15, -0.1) is 35.4 Å². The molecule has 0 fully saturated rings. The first-order valence-corrected chi connectivity index (χ1v) is 23.7. The molecule has 62 heavy (non-hydrogen) atoms. The van der Waals surface area contributed by atoms with Gasteiger partial charge in [0.25, 0.3) is 0 Å². The van der Waals surface area contributed by atoms with Gasteiger partial charge in [-0.05, 0) is 85.6 Å². The standard InChI is InChI=1S/C28H28P2.2C14H7O.2Au/c1-5-15-25(16-6-1)29(26-17-7-2-8-18-26)23-13-14-24-30(27-19-9-3-10-20-27)28-21-11-4-12-22-28;2*1-2-10-7-8-14-12(9-10)11-5-3-4-6-13(11)15-14;;/h1-12,15-22H,13-14,23-24H2;2*3-9H;;/q;2*-1;2*+1/p+2. The number of unbranched alkanes of at least 4 members (excludes halogenated alkanes) is 1. The number of para-hydroxylation sites is 2. The molecule has 0 aliphatic carbocycles. The van der Waals surface area contributed by atoms with Gasteiger partial charge < -0.3 is 21.7 Å². The van der Waals surface area contributed by atoms with E-state index < -0.39 is 15.8 Å². The fourth-order valence-electron chi connectivity index (χ4n) is 7.68. The first kappa shape index (κ1) is 46.3. The second-order valence-corrected chi connectivity index (χ2v) is 19.7. The molecule has 0 N–H and O–H groups in total. The van der Waals surface area contributed by atoms with Gasteiger partial charge in [0.1, 0.15) is 22.3 Å². The van der Waals surface area contributed by atoms with Gasteiger partial charge in [-0.1, -0.05) is 109 Å². The van der Waals surface area contributed by atoms with Crippen LogP contribution in [0.4, 0.5) is 0 Å². The van der Waals surface area contributed by atoms with Crippen LogP contribution in [0.2, 0.25) is 0 Å². The smallest absolute Gasteiger partial charge is 0.456 e. The Hall–Kier alpha value is -5.18. The maximum Gasteiger partial charge on any atom is 1.00 e. The molecule has 0 unspecified atom stereocenters. The van der Waals surface area contributed by atoms with E-state index in [-0.39, 0.29) is 44.8 Å². The van der Waals surface area contributed by atoms with Crippen molar-refractivity contribution in [2.75, 3.05) is 12.3 Å². The minimum atomic E-state index is -0.714. The van der Waals surface area contributed by atoms with E-state index in [4.69, 9.17) is 21.7 Å². The molecule has 0 aliphatic rings. The minimum Gasteiger partial charge on any atom is -0.456 e. The number of hydrogen-bond acceptors (Lipinski definition) is 2. The number of benzene rings is 8. The Morgan fingerprint density at radius 3 is 0.952 bits per heavy atom. The zero-order valence-corrected chi connectivity index (χ0v) is 40.2. The van der Waals surface area contributed by atoms with Crippen LogP contribution in [0.1, 0.15) is 24.0 Å². The van der Waals surface area contributed by atoms with Gasteiger partial charge in [-0.2, -0.15) is 0 Å². The van der Waals surface area contributed by atoms with Gasteiger partial charge >= 0.3 is 44.8 Å². The molecule has 2 nitrogen and oxygen atoms in total. The Bertz CT molecular complexity index is 2740. The van der Waals surface area contributed by atoms with Crippen molar-refractivity contribution < 1.29 is 53.6 Å². The minimum absolute atomic E-state index is 0. The molecule has 0 spiro atoms. The quantitative estimate of drug-likeness (QED) is 0.0473. The van der Waals surface area contributed by atoms with Crippen LogP contribution in [-0.2, 0) is 44.8 Å². The van der Waals surface area contributed by atoms with E-state index in [1.165, 1.54) is 46.4 Å². The molecule has 2 heterocycles. The van der Waals surface area contributed by atoms with Crippen molar-refractivity contribution in [2.24, 2.45) is 0 Å². The van der Waals surface area contributed by atoms with Gasteiger partial charge in [0.05, 0.1) is 49.4 Å². The summed E-state index contributed by atoms with van der Waals surface area (Å²) in [6.45, 7) is 0. The van der Waals surface area contributed by atoms with Gasteiger partial charge in [0, 0.05) is 21.5 Å². The summed E-state index contributed by atoms with van der Waals surface area (Å²) in [5.41, 5.74) is 5.03. The molecule has 8 aromatic carbocycles. The number of hydrogen-bond donors (Lipinski definition) is 0. The number of furan rings is 2. The number of rotatable bonds is 9. The maximum atomic E-state index is 7.10. The predicted octanol–water partition coefficient (Wildman–Crippen LogP) is 12.5. The summed E-state index contributed by atoms with van der Waals surface area (Å²) in [5, 5.41) is 10.4. The monoisotopic (exact) mass is 1200 g/mol. The van der Waals surface area contributed by atoms with Gasteiger partial charge in [0.15, 0.2) is 0 Å². The van der Waals surface area contributed by atoms with Crippen LogP contribution in [0.3, 0.4) is 0 Å². The molecule has 10 rings (SSSR count). The molecule has 0 saturated heterocycles. The SMILES string of the molecule is [Au+].[Au+].[C-]#Cc1ccc2oc3ccccc3c2c1.[C-]#Cc1ccc2oc3ccccc3c2c1.c1ccc([PH+](CCCC[PH+](c2ccccc2)c2ccccc2)c2ccccc2)cc1. The Labute approximate surface area is 398 Å². The average molecular weight is 1200 g/mol. The fraction of sp³-hybridized carbons (Fsp3) is 0.0714. The summed E-state index contributed by atoms with van der Waals surface area (Å²) in [6, 6.07) is 71.7. The fourth-order valence-corrected chi connectivity index (χ4v) is 13.1. The second kappa shape index (κ2) is 23.3. The van der Waals surface area contributed by atoms with E-state index in [0.717, 1.165) is 55.0 Å². The van der Waals surface area contributed by atoms with Crippen LogP contribution in [-0.4, -0.2) is 12.3 Å². The van der Waals surface area contributed by atoms with Crippen LogP contribution in [0, 0.1) is 24.7 Å². The zero-order chi connectivity index (χ0) is 40.9. The normalized spacial score (nSPS) is 10.5. The molecular weight excluding hydrogens is 1160 g/mol. The van der Waals surface area contributed by atoms with Crippen molar-refractivity contribution in [2.45, 2.75) is 12.8 Å². The number of fused-ring (bicyclic) bond motifs is 6. The van der Waals surface area contributed by atoms with Crippen molar-refractivity contribution in [3.8, 4) is 11.8 Å². The first-order valence-electron chi connectivity index (χ1n) is 20.3. The molecule has 0 aliphatic heterocycles. The van der Waals surface area contributed by atoms with Crippen LogP contribution in [0.25, 0.3) is 43.9 Å². The largest absolute Gasteiger partial charge is 1.00 e. The summed E-state index contributed by atoms with van der Waals surface area (Å²) in [6.07, 6.45) is 19.4. The molecule has 0 amide bonds. The summed E-state index contributed by atoms with van der Waals surface area (Å²) in [4.78, 5) is 0. The third kappa shape index (κ3) is 11.4. The van der Waals surface area contributed by atoms with Crippen molar-refractivity contribution in [1.29, 1.82) is 0 Å². The Morgan fingerprint density at radius 2 is 0.629 bits per heavy atom. The molecular formula is C56H44Au2O2P2+2. The van der Waals surface area contributed by atoms with E-state index in [2.05, 4.69) is 133 Å². The van der Waals surface area contributed by atoms with Crippen molar-refractivity contribution >= 4 is 80.9 Å². The summed E-state index contributed by atoms with van der Waals surface area (Å²) in [5.74, 6) is 4.76. The maximum absolute atomic E-state index is 7.10. The Balaban J connectivity index is 0.000000168. The van der Waals surface area contributed by atoms with Gasteiger partial charge in [0.2, 0.25) is 0 Å². The van der Waals surface area contributed by atoms with E-state index in [1.54, 1.807) is 0 Å². The van der Waals surface area contributed by atoms with Crippen LogP contribution in [0.15, 0.2) is 215 Å². The predicted molar refractivity (Wildman–Crippen MR) is 260 cm³/mol. The van der Waals surface area contributed by atoms with Crippen molar-refractivity contribution in [3.63, 3.8) is 0 Å². The van der Waals surface area contributed by atoms with E-state index in [1.807, 2.05) is 84.9 Å². The molecule has 0 saturated carbocycles. The van der Waals surface area contributed by atoms with Gasteiger partial charge in [-0.3, -0.25) is 11.8 Å². The van der Waals surface area contributed by atoms with Crippen molar-refractivity contribution in [1.82, 2.24) is 0 Å². The Kier molecular flexibility index (Phi) is 17.4. The third-order valence-electron chi connectivity index (χ3n) is 10.6. The molecule has 310 valence electrons. The molecule has 0 atom stereocenters. The van der Waals surface area contributed by atoms with E-state index >= 15 is 0 Å². The second-order valence-electron chi connectivity index (χ2n) is 14.5. The molecule has 10 aromatic rings. The van der Waals surface area contributed by atoms with Crippen LogP contribution >= 0.6 is 15.8 Å². The first-order chi connectivity index (χ1) is 29.7. The van der Waals surface area contributed by atoms with Crippen molar-refractivity contribution in [3.05, 3.63) is 230 Å². The van der Waals surface area contributed by atoms with Crippen LogP contribution < -0.4 is 21.2 Å². The molecule has 0 bridgehead atoms. The summed E-state index contributed by atoms with van der Waals surface area (Å²) >= 11 is 0. The van der Waals surface area contributed by atoms with E-state index in [0.29, 0.717) is 0 Å². The van der Waals surface area contributed by atoms with Gasteiger partial charge in [-0.25, -0.2) is 0 Å². The summed E-state index contributed by atoms with van der Waals surface area (Å²) < 4.78 is 11.3. The average Bonchev–Trinajstić information content (AvgIpc) is 3.89. The third-order valence-corrected chi connectivity index (χ3v) is 16.5. The molecule has 2 aromatic heterocycles. The Morgan fingerprint density at radius 1 is 0.339 bits per heavy atom. The topological polar surface area (TPSA) is 26.3 Å². The molecule has 0 radical (unpaired) electrons. The molecule has 6 heteroatoms.